The van der Waals surface area contributed by atoms with E-state index in [2.05, 4.69) is 15.7 Å². The van der Waals surface area contributed by atoms with Crippen LogP contribution >= 0.6 is 0 Å². The second kappa shape index (κ2) is 9.95. The number of carbonyl (C=O) groups is 3. The van der Waals surface area contributed by atoms with Gasteiger partial charge in [0.15, 0.2) is 5.69 Å². The summed E-state index contributed by atoms with van der Waals surface area (Å²) in [6.45, 7) is 2.10. The summed E-state index contributed by atoms with van der Waals surface area (Å²) in [5.74, 6) is -0.534. The second-order valence-corrected chi connectivity index (χ2v) is 8.22. The minimum atomic E-state index is -0.296. The quantitative estimate of drug-likeness (QED) is 0.682. The maximum atomic E-state index is 12.8. The van der Waals surface area contributed by atoms with E-state index in [1.807, 2.05) is 37.4 Å². The van der Waals surface area contributed by atoms with Crippen molar-refractivity contribution in [1.82, 2.24) is 20.0 Å². The fraction of sp³-hybridized carbons (Fsp3) is 0.478. The number of para-hydroxylation sites is 1. The van der Waals surface area contributed by atoms with E-state index in [-0.39, 0.29) is 36.7 Å². The molecule has 2 aliphatic rings. The van der Waals surface area contributed by atoms with Crippen molar-refractivity contribution in [2.75, 3.05) is 25.0 Å². The lowest BCUT2D eigenvalue weighted by Gasteiger charge is -2.27. The van der Waals surface area contributed by atoms with Crippen molar-refractivity contribution >= 4 is 23.4 Å². The van der Waals surface area contributed by atoms with Crippen LogP contribution < -0.4 is 10.6 Å². The van der Waals surface area contributed by atoms with Gasteiger partial charge < -0.3 is 20.3 Å². The van der Waals surface area contributed by atoms with E-state index < -0.39 is 0 Å². The summed E-state index contributed by atoms with van der Waals surface area (Å²) < 4.78 is 7.21. The molecule has 170 valence electrons. The molecule has 0 unspecified atom stereocenters. The van der Waals surface area contributed by atoms with Gasteiger partial charge in [0.05, 0.1) is 6.10 Å². The molecule has 1 atom stereocenters. The molecule has 0 bridgehead atoms. The highest BCUT2D eigenvalue weighted by molar-refractivity contribution is 6.04. The van der Waals surface area contributed by atoms with Gasteiger partial charge >= 0.3 is 0 Å². The SMILES string of the molecule is Cn1nc(C(=O)Nc2ccccc2)c2c1CCN(C(=O)CCC(=O)NC[C@@H]1CCCO1)C2. The van der Waals surface area contributed by atoms with Gasteiger partial charge in [0.1, 0.15) is 0 Å². The fourth-order valence-corrected chi connectivity index (χ4v) is 4.20. The van der Waals surface area contributed by atoms with Crippen molar-refractivity contribution < 1.29 is 19.1 Å². The van der Waals surface area contributed by atoms with Gasteiger partial charge in [-0.05, 0) is 25.0 Å². The lowest BCUT2D eigenvalue weighted by atomic mass is 10.0. The van der Waals surface area contributed by atoms with Gasteiger partial charge in [-0.3, -0.25) is 19.1 Å². The summed E-state index contributed by atoms with van der Waals surface area (Å²) in [6, 6.07) is 9.20. The Balaban J connectivity index is 1.33. The number of hydrogen-bond donors (Lipinski definition) is 2. The van der Waals surface area contributed by atoms with Gasteiger partial charge in [-0.1, -0.05) is 18.2 Å². The van der Waals surface area contributed by atoms with Crippen LogP contribution in [0.2, 0.25) is 0 Å². The van der Waals surface area contributed by atoms with Gasteiger partial charge in [0, 0.05) is 69.5 Å². The Morgan fingerprint density at radius 2 is 2.00 bits per heavy atom. The summed E-state index contributed by atoms with van der Waals surface area (Å²) in [7, 11) is 1.81. The van der Waals surface area contributed by atoms with Crippen molar-refractivity contribution in [3.8, 4) is 0 Å². The summed E-state index contributed by atoms with van der Waals surface area (Å²) >= 11 is 0. The maximum Gasteiger partial charge on any atom is 0.276 e. The molecule has 2 aliphatic heterocycles. The summed E-state index contributed by atoms with van der Waals surface area (Å²) in [6.07, 6.45) is 2.97. The first-order valence-electron chi connectivity index (χ1n) is 11.1. The van der Waals surface area contributed by atoms with Gasteiger partial charge in [-0.2, -0.15) is 5.10 Å². The third-order valence-corrected chi connectivity index (χ3v) is 5.96. The van der Waals surface area contributed by atoms with Gasteiger partial charge in [-0.25, -0.2) is 0 Å². The van der Waals surface area contributed by atoms with Crippen LogP contribution in [-0.4, -0.2) is 58.2 Å². The predicted octanol–water partition coefficient (Wildman–Crippen LogP) is 1.63. The number of ether oxygens (including phenoxy) is 1. The highest BCUT2D eigenvalue weighted by atomic mass is 16.5. The Hall–Kier alpha value is -3.20. The normalized spacial score (nSPS) is 17.7. The number of aromatic nitrogens is 2. The molecule has 9 nitrogen and oxygen atoms in total. The monoisotopic (exact) mass is 439 g/mol. The molecule has 32 heavy (non-hydrogen) atoms. The van der Waals surface area contributed by atoms with E-state index in [4.69, 9.17) is 4.74 Å². The van der Waals surface area contributed by atoms with E-state index in [0.29, 0.717) is 37.4 Å². The van der Waals surface area contributed by atoms with E-state index in [1.54, 1.807) is 9.58 Å². The van der Waals surface area contributed by atoms with E-state index in [9.17, 15) is 14.4 Å². The largest absolute Gasteiger partial charge is 0.376 e. The van der Waals surface area contributed by atoms with Crippen LogP contribution in [0.3, 0.4) is 0 Å². The zero-order valence-corrected chi connectivity index (χ0v) is 18.3. The summed E-state index contributed by atoms with van der Waals surface area (Å²) in [4.78, 5) is 39.4. The first-order chi connectivity index (χ1) is 15.5. The standard InChI is InChI=1S/C23H29N5O4/c1-27-19-11-12-28(21(30)10-9-20(29)24-14-17-8-5-13-32-17)15-18(19)22(26-27)23(31)25-16-6-3-2-4-7-16/h2-4,6-7,17H,5,8-15H2,1H3,(H,24,29)(H,25,31)/t17-/m0/s1. The number of carbonyl (C=O) groups excluding carboxylic acids is 3. The number of nitrogens with one attached hydrogen (secondary N) is 2. The third kappa shape index (κ3) is 5.16. The number of amides is 3. The number of fused-ring (bicyclic) bond motifs is 1. The lowest BCUT2D eigenvalue weighted by molar-refractivity contribution is -0.134. The molecular formula is C23H29N5O4. The van der Waals surface area contributed by atoms with Crippen LogP contribution in [0.15, 0.2) is 30.3 Å². The molecule has 4 rings (SSSR count). The van der Waals surface area contributed by atoms with E-state index in [1.165, 1.54) is 0 Å². The molecule has 3 heterocycles. The van der Waals surface area contributed by atoms with Gasteiger partial charge in [-0.15, -0.1) is 0 Å². The van der Waals surface area contributed by atoms with Crippen LogP contribution in [0.1, 0.15) is 47.4 Å². The minimum Gasteiger partial charge on any atom is -0.376 e. The average molecular weight is 440 g/mol. The third-order valence-electron chi connectivity index (χ3n) is 5.96. The molecule has 0 saturated carbocycles. The number of anilines is 1. The lowest BCUT2D eigenvalue weighted by Crippen LogP contribution is -2.38. The Morgan fingerprint density at radius 3 is 2.75 bits per heavy atom. The first-order valence-corrected chi connectivity index (χ1v) is 11.1. The summed E-state index contributed by atoms with van der Waals surface area (Å²) in [5, 5.41) is 10.1. The van der Waals surface area contributed by atoms with Crippen molar-refractivity contribution in [2.45, 2.75) is 44.8 Å². The van der Waals surface area contributed by atoms with Gasteiger partial charge in [0.2, 0.25) is 11.8 Å². The average Bonchev–Trinajstić information content (AvgIpc) is 3.44. The van der Waals surface area contributed by atoms with Crippen LogP contribution in [-0.2, 0) is 34.3 Å². The van der Waals surface area contributed by atoms with Crippen molar-refractivity contribution in [3.05, 3.63) is 47.3 Å². The zero-order chi connectivity index (χ0) is 22.5. The van der Waals surface area contributed by atoms with Crippen molar-refractivity contribution in [3.63, 3.8) is 0 Å². The molecule has 9 heteroatoms. The Morgan fingerprint density at radius 1 is 1.19 bits per heavy atom. The zero-order valence-electron chi connectivity index (χ0n) is 18.3. The minimum absolute atomic E-state index is 0.0844. The number of aryl methyl sites for hydroxylation is 1. The molecule has 3 amide bonds. The number of benzene rings is 1. The van der Waals surface area contributed by atoms with E-state index >= 15 is 0 Å². The molecule has 1 fully saturated rings. The smallest absolute Gasteiger partial charge is 0.276 e. The van der Waals surface area contributed by atoms with Crippen LogP contribution in [0.5, 0.6) is 0 Å². The summed E-state index contributed by atoms with van der Waals surface area (Å²) in [5.41, 5.74) is 2.75. The highest BCUT2D eigenvalue weighted by Gasteiger charge is 2.29. The molecular weight excluding hydrogens is 410 g/mol. The number of rotatable bonds is 7. The number of hydrogen-bond acceptors (Lipinski definition) is 5. The molecule has 1 saturated heterocycles. The van der Waals surface area contributed by atoms with Crippen LogP contribution in [0.25, 0.3) is 0 Å². The van der Waals surface area contributed by atoms with Crippen molar-refractivity contribution in [2.24, 2.45) is 7.05 Å². The Kier molecular flexibility index (Phi) is 6.84. The molecule has 1 aromatic carbocycles. The van der Waals surface area contributed by atoms with Crippen LogP contribution in [0.4, 0.5) is 5.69 Å². The maximum absolute atomic E-state index is 12.8. The van der Waals surface area contributed by atoms with Crippen LogP contribution in [0, 0.1) is 0 Å². The molecule has 0 radical (unpaired) electrons. The van der Waals surface area contributed by atoms with Gasteiger partial charge in [0.25, 0.3) is 5.91 Å². The molecule has 2 aromatic rings. The highest BCUT2D eigenvalue weighted by Crippen LogP contribution is 2.24. The molecule has 1 aromatic heterocycles. The number of nitrogens with zero attached hydrogens (tertiary/aromatic N) is 3. The topological polar surface area (TPSA) is 106 Å². The van der Waals surface area contributed by atoms with Crippen molar-refractivity contribution in [1.29, 1.82) is 0 Å². The molecule has 0 spiro atoms. The predicted molar refractivity (Wildman–Crippen MR) is 118 cm³/mol. The fourth-order valence-electron chi connectivity index (χ4n) is 4.20. The first kappa shape index (κ1) is 22.0. The molecule has 2 N–H and O–H groups in total. The molecule has 0 aliphatic carbocycles. The Bertz CT molecular complexity index is 982. The Labute approximate surface area is 187 Å². The van der Waals surface area contributed by atoms with E-state index in [0.717, 1.165) is 30.7 Å². The second-order valence-electron chi connectivity index (χ2n) is 8.22.